The largest absolute Gasteiger partial charge is 0.381 e. The zero-order valence-corrected chi connectivity index (χ0v) is 6.55. The molecule has 2 atom stereocenters. The molecule has 1 aliphatic heterocycles. The van der Waals surface area contributed by atoms with Gasteiger partial charge in [-0.3, -0.25) is 0 Å². The summed E-state index contributed by atoms with van der Waals surface area (Å²) in [4.78, 5) is 10.5. The lowest BCUT2D eigenvalue weighted by molar-refractivity contribution is -0.109. The summed E-state index contributed by atoms with van der Waals surface area (Å²) in [6, 6.07) is 0.195. The third kappa shape index (κ3) is 2.05. The molecule has 1 rings (SSSR count). The van der Waals surface area contributed by atoms with Crippen molar-refractivity contribution in [2.24, 2.45) is 0 Å². The van der Waals surface area contributed by atoms with Crippen LogP contribution in [-0.2, 0) is 4.79 Å². The number of rotatable bonds is 4. The van der Waals surface area contributed by atoms with E-state index in [1.807, 2.05) is 0 Å². The molecule has 3 nitrogen and oxygen atoms in total. The normalized spacial score (nSPS) is 26.0. The van der Waals surface area contributed by atoms with Crippen molar-refractivity contribution in [3.05, 3.63) is 12.8 Å². The monoisotopic (exact) mass is 154 g/mol. The van der Waals surface area contributed by atoms with E-state index in [0.29, 0.717) is 6.04 Å². The van der Waals surface area contributed by atoms with Gasteiger partial charge in [0.25, 0.3) is 0 Å². The molecule has 0 radical (unpaired) electrons. The van der Waals surface area contributed by atoms with Crippen LogP contribution in [0.5, 0.6) is 0 Å². The Morgan fingerprint density at radius 2 is 2.55 bits per heavy atom. The van der Waals surface area contributed by atoms with Gasteiger partial charge < -0.3 is 15.4 Å². The number of hydrogen-bond donors (Lipinski definition) is 2. The van der Waals surface area contributed by atoms with Crippen LogP contribution >= 0.6 is 0 Å². The van der Waals surface area contributed by atoms with E-state index in [1.54, 1.807) is 6.20 Å². The first kappa shape index (κ1) is 8.27. The highest BCUT2D eigenvalue weighted by Gasteiger charge is 2.22. The number of aldehydes is 1. The fraction of sp³-hybridized carbons (Fsp3) is 0.625. The average Bonchev–Trinajstić information content (AvgIpc) is 2.52. The van der Waals surface area contributed by atoms with E-state index < -0.39 is 0 Å². The van der Waals surface area contributed by atoms with Crippen molar-refractivity contribution >= 4 is 6.29 Å². The lowest BCUT2D eigenvalue weighted by atomic mass is 10.1. The average molecular weight is 154 g/mol. The third-order valence-electron chi connectivity index (χ3n) is 1.99. The molecule has 2 unspecified atom stereocenters. The standard InChI is InChI=1S/C8H14N2O/c1-2-9-8(6-11)7-4-3-5-10-7/h2,6-10H,1,3-5H2. The van der Waals surface area contributed by atoms with Crippen molar-refractivity contribution in [3.63, 3.8) is 0 Å². The van der Waals surface area contributed by atoms with E-state index in [2.05, 4.69) is 17.2 Å². The van der Waals surface area contributed by atoms with Crippen LogP contribution < -0.4 is 10.6 Å². The van der Waals surface area contributed by atoms with Gasteiger partial charge in [-0.1, -0.05) is 6.58 Å². The molecule has 0 aromatic heterocycles. The first-order chi connectivity index (χ1) is 5.38. The van der Waals surface area contributed by atoms with Crippen molar-refractivity contribution in [1.82, 2.24) is 10.6 Å². The molecule has 3 heteroatoms. The molecule has 2 N–H and O–H groups in total. The van der Waals surface area contributed by atoms with E-state index >= 15 is 0 Å². The highest BCUT2D eigenvalue weighted by atomic mass is 16.1. The summed E-state index contributed by atoms with van der Waals surface area (Å²) >= 11 is 0. The zero-order chi connectivity index (χ0) is 8.10. The second kappa shape index (κ2) is 4.13. The Labute approximate surface area is 66.9 Å². The van der Waals surface area contributed by atoms with Crippen LogP contribution in [0.2, 0.25) is 0 Å². The quantitative estimate of drug-likeness (QED) is 0.562. The molecule has 1 saturated heterocycles. The number of carbonyl (C=O) groups is 1. The summed E-state index contributed by atoms with van der Waals surface area (Å²) in [5, 5.41) is 6.16. The molecule has 0 saturated carbocycles. The van der Waals surface area contributed by atoms with Crippen LogP contribution in [0.1, 0.15) is 12.8 Å². The SMILES string of the molecule is C=CNC(C=O)C1CCCN1. The first-order valence-corrected chi connectivity index (χ1v) is 3.94. The molecule has 0 spiro atoms. The Morgan fingerprint density at radius 1 is 1.73 bits per heavy atom. The molecule has 1 fully saturated rings. The van der Waals surface area contributed by atoms with Gasteiger partial charge in [0.05, 0.1) is 6.04 Å². The minimum absolute atomic E-state index is 0.102. The van der Waals surface area contributed by atoms with Crippen LogP contribution in [0.3, 0.4) is 0 Å². The third-order valence-corrected chi connectivity index (χ3v) is 1.99. The molecule has 0 amide bonds. The smallest absolute Gasteiger partial charge is 0.143 e. The van der Waals surface area contributed by atoms with Gasteiger partial charge in [-0.15, -0.1) is 0 Å². The van der Waals surface area contributed by atoms with Gasteiger partial charge >= 0.3 is 0 Å². The molecule has 0 bridgehead atoms. The van der Waals surface area contributed by atoms with Crippen molar-refractivity contribution in [2.45, 2.75) is 24.9 Å². The fourth-order valence-electron chi connectivity index (χ4n) is 1.40. The Kier molecular flexibility index (Phi) is 3.11. The number of nitrogens with one attached hydrogen (secondary N) is 2. The van der Waals surface area contributed by atoms with Gasteiger partial charge in [0.2, 0.25) is 0 Å². The zero-order valence-electron chi connectivity index (χ0n) is 6.55. The number of carbonyl (C=O) groups excluding carboxylic acids is 1. The van der Waals surface area contributed by atoms with Crippen molar-refractivity contribution in [3.8, 4) is 0 Å². The Hall–Kier alpha value is -0.830. The van der Waals surface area contributed by atoms with Gasteiger partial charge in [-0.05, 0) is 25.6 Å². The highest BCUT2D eigenvalue weighted by molar-refractivity contribution is 5.59. The summed E-state index contributed by atoms with van der Waals surface area (Å²) in [7, 11) is 0. The summed E-state index contributed by atoms with van der Waals surface area (Å²) < 4.78 is 0. The summed E-state index contributed by atoms with van der Waals surface area (Å²) in [5.74, 6) is 0. The molecule has 1 heterocycles. The molecule has 0 aliphatic carbocycles. The van der Waals surface area contributed by atoms with Crippen LogP contribution in [0.15, 0.2) is 12.8 Å². The molecule has 0 aromatic carbocycles. The highest BCUT2D eigenvalue weighted by Crippen LogP contribution is 2.07. The maximum atomic E-state index is 10.5. The summed E-state index contributed by atoms with van der Waals surface area (Å²) in [6.45, 7) is 4.54. The van der Waals surface area contributed by atoms with E-state index in [0.717, 1.165) is 25.7 Å². The summed E-state index contributed by atoms with van der Waals surface area (Å²) in [6.07, 6.45) is 4.74. The summed E-state index contributed by atoms with van der Waals surface area (Å²) in [5.41, 5.74) is 0. The first-order valence-electron chi connectivity index (χ1n) is 3.94. The van der Waals surface area contributed by atoms with E-state index in [1.165, 1.54) is 0 Å². The number of hydrogen-bond acceptors (Lipinski definition) is 3. The van der Waals surface area contributed by atoms with Gasteiger partial charge in [0.1, 0.15) is 6.29 Å². The van der Waals surface area contributed by atoms with Crippen molar-refractivity contribution < 1.29 is 4.79 Å². The maximum absolute atomic E-state index is 10.5. The minimum Gasteiger partial charge on any atom is -0.381 e. The van der Waals surface area contributed by atoms with Crippen LogP contribution in [0.25, 0.3) is 0 Å². The Balaban J connectivity index is 2.39. The van der Waals surface area contributed by atoms with Crippen molar-refractivity contribution in [1.29, 1.82) is 0 Å². The topological polar surface area (TPSA) is 41.1 Å². The van der Waals surface area contributed by atoms with E-state index in [4.69, 9.17) is 0 Å². The van der Waals surface area contributed by atoms with Crippen LogP contribution in [0.4, 0.5) is 0 Å². The van der Waals surface area contributed by atoms with Gasteiger partial charge in [0, 0.05) is 6.04 Å². The van der Waals surface area contributed by atoms with Crippen molar-refractivity contribution in [2.75, 3.05) is 6.54 Å². The molecular weight excluding hydrogens is 140 g/mol. The molecule has 0 aromatic rings. The van der Waals surface area contributed by atoms with Crippen LogP contribution in [-0.4, -0.2) is 24.9 Å². The molecule has 11 heavy (non-hydrogen) atoms. The van der Waals surface area contributed by atoms with Crippen LogP contribution in [0, 0.1) is 0 Å². The Bertz CT molecular complexity index is 141. The molecule has 62 valence electrons. The van der Waals surface area contributed by atoms with Gasteiger partial charge in [-0.2, -0.15) is 0 Å². The maximum Gasteiger partial charge on any atom is 0.143 e. The van der Waals surface area contributed by atoms with E-state index in [9.17, 15) is 4.79 Å². The van der Waals surface area contributed by atoms with Gasteiger partial charge in [-0.25, -0.2) is 0 Å². The second-order valence-electron chi connectivity index (χ2n) is 2.74. The van der Waals surface area contributed by atoms with E-state index in [-0.39, 0.29) is 6.04 Å². The predicted octanol–water partition coefficient (Wildman–Crippen LogP) is 0.0390. The fourth-order valence-corrected chi connectivity index (χ4v) is 1.40. The van der Waals surface area contributed by atoms with Gasteiger partial charge in [0.15, 0.2) is 0 Å². The molecular formula is C8H14N2O. The predicted molar refractivity (Wildman–Crippen MR) is 44.2 cm³/mol. The lowest BCUT2D eigenvalue weighted by Crippen LogP contribution is -2.43. The second-order valence-corrected chi connectivity index (χ2v) is 2.74. The Morgan fingerprint density at radius 3 is 3.00 bits per heavy atom. The lowest BCUT2D eigenvalue weighted by Gasteiger charge is -2.17. The minimum atomic E-state index is -0.102. The molecule has 1 aliphatic rings.